The number of hydrogen-bond donors (Lipinski definition) is 1. The number of thiazole rings is 1. The lowest BCUT2D eigenvalue weighted by Crippen LogP contribution is -2.48. The number of nitrogens with one attached hydrogen (secondary N) is 1. The van der Waals surface area contributed by atoms with Gasteiger partial charge in [0.05, 0.1) is 27.0 Å². The molecule has 0 aliphatic rings. The molecule has 0 fully saturated rings. The monoisotopic (exact) mass is 680 g/mol. The third-order valence-corrected chi connectivity index (χ3v) is 8.84. The van der Waals surface area contributed by atoms with E-state index in [1.165, 1.54) is 11.3 Å². The molecule has 0 bridgehead atoms. The van der Waals surface area contributed by atoms with Crippen LogP contribution in [0.2, 0.25) is 0 Å². The number of anilines is 2. The number of imidazole rings is 1. The van der Waals surface area contributed by atoms with Crippen LogP contribution < -0.4 is 10.2 Å². The van der Waals surface area contributed by atoms with Gasteiger partial charge in [-0.3, -0.25) is 18.9 Å². The molecular formula is C35H26F6N4O2S. The van der Waals surface area contributed by atoms with Gasteiger partial charge in [0, 0.05) is 36.5 Å². The van der Waals surface area contributed by atoms with Gasteiger partial charge in [0.1, 0.15) is 6.04 Å². The van der Waals surface area contributed by atoms with Gasteiger partial charge in [-0.25, -0.2) is 4.98 Å². The van der Waals surface area contributed by atoms with Gasteiger partial charge >= 0.3 is 12.4 Å². The van der Waals surface area contributed by atoms with Crippen LogP contribution in [-0.2, 0) is 28.4 Å². The Balaban J connectivity index is 1.34. The smallest absolute Gasteiger partial charge is 0.324 e. The first-order valence-corrected chi connectivity index (χ1v) is 15.4. The van der Waals surface area contributed by atoms with Crippen molar-refractivity contribution >= 4 is 49.7 Å². The number of alkyl halides is 6. The number of aryl methyl sites for hydroxylation is 1. The number of hydrogen-bond acceptors (Lipinski definition) is 4. The quantitative estimate of drug-likeness (QED) is 0.171. The molecule has 1 unspecified atom stereocenters. The lowest BCUT2D eigenvalue weighted by atomic mass is 10.00. The molecule has 6 rings (SSSR count). The zero-order valence-corrected chi connectivity index (χ0v) is 26.2. The van der Waals surface area contributed by atoms with Gasteiger partial charge in [0.15, 0.2) is 4.96 Å². The minimum absolute atomic E-state index is 0.0232. The predicted molar refractivity (Wildman–Crippen MR) is 173 cm³/mol. The van der Waals surface area contributed by atoms with Gasteiger partial charge in [-0.2, -0.15) is 26.3 Å². The molecule has 0 radical (unpaired) electrons. The standard InChI is InChI=1S/C35H26F6N4O2S/c1-20-7-9-22(10-8-20)15-30(45(21(2)46)27-17-24(34(36,37)38)16-25(18-27)35(39,40)41)32(47)42-26-13-11-23(12-14-26)28-19-44-29-5-3-4-6-31(29)48-33(44)43-28/h3-14,16-19,30H,15H2,1-2H3,(H,42,47). The topological polar surface area (TPSA) is 66.7 Å². The Kier molecular flexibility index (Phi) is 8.50. The highest BCUT2D eigenvalue weighted by Gasteiger charge is 2.39. The summed E-state index contributed by atoms with van der Waals surface area (Å²) < 4.78 is 85.5. The van der Waals surface area contributed by atoms with Crippen molar-refractivity contribution in [1.82, 2.24) is 9.38 Å². The second-order valence-corrected chi connectivity index (χ2v) is 12.3. The molecular weight excluding hydrogens is 654 g/mol. The summed E-state index contributed by atoms with van der Waals surface area (Å²) in [6.45, 7) is 2.81. The van der Waals surface area contributed by atoms with Crippen LogP contribution >= 0.6 is 11.3 Å². The van der Waals surface area contributed by atoms with Crippen molar-refractivity contribution in [2.24, 2.45) is 0 Å². The van der Waals surface area contributed by atoms with E-state index in [1.54, 1.807) is 48.5 Å². The number of aromatic nitrogens is 2. The minimum atomic E-state index is -5.15. The van der Waals surface area contributed by atoms with Crippen LogP contribution in [0.5, 0.6) is 0 Å². The molecule has 0 saturated heterocycles. The molecule has 0 aliphatic carbocycles. The Labute approximate surface area is 274 Å². The summed E-state index contributed by atoms with van der Waals surface area (Å²) in [5.74, 6) is -1.73. The number of para-hydroxylation sites is 1. The molecule has 2 aromatic heterocycles. The maximum atomic E-state index is 13.9. The van der Waals surface area contributed by atoms with Crippen molar-refractivity contribution in [2.45, 2.75) is 38.7 Å². The molecule has 0 aliphatic heterocycles. The Morgan fingerprint density at radius 3 is 2.10 bits per heavy atom. The van der Waals surface area contributed by atoms with Crippen LogP contribution in [0.4, 0.5) is 37.7 Å². The highest BCUT2D eigenvalue weighted by molar-refractivity contribution is 7.23. The molecule has 0 saturated carbocycles. The Bertz CT molecular complexity index is 2100. The third kappa shape index (κ3) is 6.77. The van der Waals surface area contributed by atoms with Crippen molar-refractivity contribution in [3.05, 3.63) is 119 Å². The van der Waals surface area contributed by atoms with Crippen LogP contribution in [0.1, 0.15) is 29.2 Å². The lowest BCUT2D eigenvalue weighted by Gasteiger charge is -2.31. The second-order valence-electron chi connectivity index (χ2n) is 11.3. The summed E-state index contributed by atoms with van der Waals surface area (Å²) in [5.41, 5.74) is 0.268. The molecule has 2 heterocycles. The van der Waals surface area contributed by atoms with E-state index in [0.717, 1.165) is 33.2 Å². The van der Waals surface area contributed by atoms with Crippen LogP contribution in [0, 0.1) is 6.92 Å². The summed E-state index contributed by atoms with van der Waals surface area (Å²) in [6.07, 6.45) is -8.59. The molecule has 1 atom stereocenters. The van der Waals surface area contributed by atoms with Crippen molar-refractivity contribution < 1.29 is 35.9 Å². The SMILES string of the molecule is CC(=O)N(c1cc(C(F)(F)F)cc(C(F)(F)F)c1)C(Cc1ccc(C)cc1)C(=O)Nc1ccc(-c2cn3c(n2)sc2ccccc23)cc1. The molecule has 0 spiro atoms. The summed E-state index contributed by atoms with van der Waals surface area (Å²) in [7, 11) is 0. The number of amides is 2. The lowest BCUT2D eigenvalue weighted by molar-refractivity contribution is -0.143. The first-order valence-electron chi connectivity index (χ1n) is 14.6. The van der Waals surface area contributed by atoms with Gasteiger partial charge in [-0.1, -0.05) is 65.4 Å². The average Bonchev–Trinajstić information content (AvgIpc) is 3.59. The van der Waals surface area contributed by atoms with E-state index in [2.05, 4.69) is 5.32 Å². The predicted octanol–water partition coefficient (Wildman–Crippen LogP) is 9.16. The van der Waals surface area contributed by atoms with Crippen LogP contribution in [-0.4, -0.2) is 27.2 Å². The molecule has 2 amide bonds. The summed E-state index contributed by atoms with van der Waals surface area (Å²) in [4.78, 5) is 33.1. The fourth-order valence-electron chi connectivity index (χ4n) is 5.45. The zero-order valence-electron chi connectivity index (χ0n) is 25.4. The molecule has 4 aromatic carbocycles. The fourth-order valence-corrected chi connectivity index (χ4v) is 6.45. The van der Waals surface area contributed by atoms with E-state index >= 15 is 0 Å². The number of benzene rings is 4. The number of rotatable bonds is 7. The fraction of sp³-hybridized carbons (Fsp3) is 0.171. The molecule has 246 valence electrons. The summed E-state index contributed by atoms with van der Waals surface area (Å²) in [5, 5.41) is 2.69. The van der Waals surface area contributed by atoms with E-state index in [4.69, 9.17) is 4.98 Å². The Hall–Kier alpha value is -5.17. The Morgan fingerprint density at radius 1 is 0.875 bits per heavy atom. The van der Waals surface area contributed by atoms with Gasteiger partial charge in [-0.05, 0) is 55.0 Å². The van der Waals surface area contributed by atoms with E-state index < -0.39 is 47.0 Å². The number of halogens is 6. The Morgan fingerprint density at radius 2 is 1.50 bits per heavy atom. The number of fused-ring (bicyclic) bond motifs is 3. The van der Waals surface area contributed by atoms with E-state index in [1.807, 2.05) is 41.8 Å². The normalized spacial score (nSPS) is 12.8. The summed E-state index contributed by atoms with van der Waals surface area (Å²) in [6, 6.07) is 20.7. The van der Waals surface area contributed by atoms with Crippen LogP contribution in [0.25, 0.3) is 26.4 Å². The molecule has 6 nitrogen and oxygen atoms in total. The molecule has 6 aromatic rings. The van der Waals surface area contributed by atoms with E-state index in [-0.39, 0.29) is 12.5 Å². The maximum absolute atomic E-state index is 13.9. The minimum Gasteiger partial charge on any atom is -0.324 e. The van der Waals surface area contributed by atoms with Crippen LogP contribution in [0.3, 0.4) is 0 Å². The molecule has 13 heteroatoms. The van der Waals surface area contributed by atoms with Gasteiger partial charge in [0.2, 0.25) is 11.8 Å². The summed E-state index contributed by atoms with van der Waals surface area (Å²) >= 11 is 1.54. The molecule has 48 heavy (non-hydrogen) atoms. The first-order chi connectivity index (χ1) is 22.7. The number of carbonyl (C=O) groups excluding carboxylic acids is 2. The largest absolute Gasteiger partial charge is 0.416 e. The van der Waals surface area contributed by atoms with Crippen molar-refractivity contribution in [3.8, 4) is 11.3 Å². The highest BCUT2D eigenvalue weighted by atomic mass is 32.1. The van der Waals surface area contributed by atoms with E-state index in [9.17, 15) is 35.9 Å². The van der Waals surface area contributed by atoms with Crippen molar-refractivity contribution in [1.29, 1.82) is 0 Å². The maximum Gasteiger partial charge on any atom is 0.416 e. The van der Waals surface area contributed by atoms with Gasteiger partial charge in [0.25, 0.3) is 0 Å². The van der Waals surface area contributed by atoms with Gasteiger partial charge < -0.3 is 5.32 Å². The molecule has 1 N–H and O–H groups in total. The van der Waals surface area contributed by atoms with E-state index in [0.29, 0.717) is 34.0 Å². The van der Waals surface area contributed by atoms with Crippen molar-refractivity contribution in [3.63, 3.8) is 0 Å². The van der Waals surface area contributed by atoms with Gasteiger partial charge in [-0.15, -0.1) is 0 Å². The second kappa shape index (κ2) is 12.5. The highest BCUT2D eigenvalue weighted by Crippen LogP contribution is 2.39. The average molecular weight is 681 g/mol. The number of carbonyl (C=O) groups is 2. The number of nitrogens with zero attached hydrogens (tertiary/aromatic N) is 3. The third-order valence-electron chi connectivity index (χ3n) is 7.80. The van der Waals surface area contributed by atoms with Crippen LogP contribution in [0.15, 0.2) is 97.2 Å². The zero-order chi connectivity index (χ0) is 34.4. The first kappa shape index (κ1) is 32.8. The van der Waals surface area contributed by atoms with Crippen molar-refractivity contribution in [2.75, 3.05) is 10.2 Å².